The summed E-state index contributed by atoms with van der Waals surface area (Å²) in [5.74, 6) is 3.74. The number of aryl methyl sites for hydroxylation is 4. The van der Waals surface area contributed by atoms with Gasteiger partial charge in [-0.15, -0.1) is 22.7 Å². The number of aromatic nitrogens is 4. The second-order valence-corrected chi connectivity index (χ2v) is 13.0. The molecule has 4 heterocycles. The van der Waals surface area contributed by atoms with Gasteiger partial charge in [-0.1, -0.05) is 43.7 Å². The third-order valence-corrected chi connectivity index (χ3v) is 9.95. The third-order valence-electron chi connectivity index (χ3n) is 7.67. The lowest BCUT2D eigenvalue weighted by Crippen LogP contribution is -2.08. The molecule has 0 atom stereocenters. The molecule has 7 rings (SSSR count). The molecule has 39 heavy (non-hydrogen) atoms. The van der Waals surface area contributed by atoms with Gasteiger partial charge in [-0.2, -0.15) is 0 Å². The monoisotopic (exact) mass is 554 g/mol. The Morgan fingerprint density at radius 3 is 2.62 bits per heavy atom. The highest BCUT2D eigenvalue weighted by atomic mass is 32.1. The van der Waals surface area contributed by atoms with Crippen LogP contribution in [-0.4, -0.2) is 32.5 Å². The number of nitrogens with one attached hydrogen (secondary N) is 2. The summed E-state index contributed by atoms with van der Waals surface area (Å²) in [6, 6.07) is 13.1. The Labute approximate surface area is 237 Å². The Kier molecular flexibility index (Phi) is 6.91. The molecule has 0 saturated heterocycles. The zero-order chi connectivity index (χ0) is 26.2. The zero-order valence-electron chi connectivity index (χ0n) is 22.4. The first-order valence-electron chi connectivity index (χ1n) is 14.4. The standard InChI is InChI=1S/C31H34N6S2/c1-2-3-17-32-29-26-22-11-7-8-12-24(22)39-31(26)35-25(34-29)16-15-21-18-23-28(33-20-13-14-20)36-27(37-30(23)38-21)19-9-5-4-6-10-19/h4-6,9-10,18,20H,2-3,7-8,11-17H2,1H3,(H,32,34,35)(H,33,36,37). The number of thiophene rings is 2. The highest BCUT2D eigenvalue weighted by Gasteiger charge is 2.24. The summed E-state index contributed by atoms with van der Waals surface area (Å²) in [4.78, 5) is 25.1. The van der Waals surface area contributed by atoms with Crippen LogP contribution in [0.3, 0.4) is 0 Å². The quantitative estimate of drug-likeness (QED) is 0.172. The maximum absolute atomic E-state index is 5.09. The molecule has 0 bridgehead atoms. The summed E-state index contributed by atoms with van der Waals surface area (Å²) in [5, 5.41) is 9.74. The van der Waals surface area contributed by atoms with Gasteiger partial charge >= 0.3 is 0 Å². The molecule has 2 aliphatic carbocycles. The number of nitrogens with zero attached hydrogens (tertiary/aromatic N) is 4. The maximum atomic E-state index is 5.09. The van der Waals surface area contributed by atoms with E-state index in [1.165, 1.54) is 59.2 Å². The van der Waals surface area contributed by atoms with Crippen LogP contribution in [0.15, 0.2) is 36.4 Å². The van der Waals surface area contributed by atoms with Gasteiger partial charge in [-0.3, -0.25) is 0 Å². The third kappa shape index (κ3) is 5.24. The van der Waals surface area contributed by atoms with Crippen molar-refractivity contribution in [2.45, 2.75) is 77.2 Å². The first-order chi connectivity index (χ1) is 19.2. The van der Waals surface area contributed by atoms with E-state index in [9.17, 15) is 0 Å². The molecule has 6 nitrogen and oxygen atoms in total. The molecular formula is C31H34N6S2. The average molecular weight is 555 g/mol. The van der Waals surface area contributed by atoms with Gasteiger partial charge < -0.3 is 10.6 Å². The van der Waals surface area contributed by atoms with Gasteiger partial charge in [-0.05, 0) is 63.0 Å². The average Bonchev–Trinajstić information content (AvgIpc) is 3.55. The molecule has 1 saturated carbocycles. The summed E-state index contributed by atoms with van der Waals surface area (Å²) in [5.41, 5.74) is 2.55. The summed E-state index contributed by atoms with van der Waals surface area (Å²) in [6.07, 6.45) is 11.4. The Morgan fingerprint density at radius 1 is 0.897 bits per heavy atom. The molecule has 0 unspecified atom stereocenters. The van der Waals surface area contributed by atoms with Crippen LogP contribution in [0, 0.1) is 0 Å². The SMILES string of the molecule is CCCCNc1nc(CCc2cc3c(NC4CC4)nc(-c4ccccc4)nc3s2)nc2sc3c(c12)CCCC3. The van der Waals surface area contributed by atoms with Crippen LogP contribution >= 0.6 is 22.7 Å². The molecule has 0 spiro atoms. The number of hydrogen-bond donors (Lipinski definition) is 2. The van der Waals surface area contributed by atoms with Crippen molar-refractivity contribution in [1.82, 2.24) is 19.9 Å². The predicted molar refractivity (Wildman–Crippen MR) is 164 cm³/mol. The molecule has 1 fully saturated rings. The lowest BCUT2D eigenvalue weighted by Gasteiger charge is -2.13. The van der Waals surface area contributed by atoms with Crippen molar-refractivity contribution in [3.63, 3.8) is 0 Å². The maximum Gasteiger partial charge on any atom is 0.163 e. The summed E-state index contributed by atoms with van der Waals surface area (Å²) in [6.45, 7) is 3.20. The molecule has 0 radical (unpaired) electrons. The molecule has 0 aliphatic heterocycles. The lowest BCUT2D eigenvalue weighted by molar-refractivity contribution is 0.700. The van der Waals surface area contributed by atoms with Gasteiger partial charge in [0.25, 0.3) is 0 Å². The van der Waals surface area contributed by atoms with Gasteiger partial charge in [0.1, 0.15) is 27.1 Å². The minimum absolute atomic E-state index is 0.533. The van der Waals surface area contributed by atoms with Crippen molar-refractivity contribution in [1.29, 1.82) is 0 Å². The highest BCUT2D eigenvalue weighted by molar-refractivity contribution is 7.19. The van der Waals surface area contributed by atoms with Gasteiger partial charge in [0.2, 0.25) is 0 Å². The zero-order valence-corrected chi connectivity index (χ0v) is 24.1. The van der Waals surface area contributed by atoms with Crippen molar-refractivity contribution in [3.8, 4) is 11.4 Å². The summed E-state index contributed by atoms with van der Waals surface area (Å²) in [7, 11) is 0. The number of hydrogen-bond acceptors (Lipinski definition) is 8. The van der Waals surface area contributed by atoms with E-state index < -0.39 is 0 Å². The van der Waals surface area contributed by atoms with E-state index in [2.05, 4.69) is 35.8 Å². The number of rotatable bonds is 10. The van der Waals surface area contributed by atoms with E-state index in [1.54, 1.807) is 11.3 Å². The van der Waals surface area contributed by atoms with E-state index in [4.69, 9.17) is 19.9 Å². The van der Waals surface area contributed by atoms with Gasteiger partial charge in [0.15, 0.2) is 5.82 Å². The second kappa shape index (κ2) is 10.8. The molecule has 4 aromatic heterocycles. The molecule has 5 aromatic rings. The minimum atomic E-state index is 0.533. The van der Waals surface area contributed by atoms with Crippen molar-refractivity contribution >= 4 is 54.7 Å². The molecule has 0 amide bonds. The summed E-state index contributed by atoms with van der Waals surface area (Å²) < 4.78 is 0. The smallest absolute Gasteiger partial charge is 0.163 e. The van der Waals surface area contributed by atoms with E-state index in [0.29, 0.717) is 6.04 Å². The highest BCUT2D eigenvalue weighted by Crippen LogP contribution is 2.39. The molecule has 200 valence electrons. The van der Waals surface area contributed by atoms with Gasteiger partial charge in [0.05, 0.1) is 10.8 Å². The molecule has 1 aromatic carbocycles. The fraction of sp³-hybridized carbons (Fsp3) is 0.419. The molecule has 2 N–H and O–H groups in total. The van der Waals surface area contributed by atoms with Crippen molar-refractivity contribution in [3.05, 3.63) is 57.5 Å². The number of fused-ring (bicyclic) bond motifs is 4. The van der Waals surface area contributed by atoms with Crippen LogP contribution in [0.4, 0.5) is 11.6 Å². The molecular weight excluding hydrogens is 521 g/mol. The largest absolute Gasteiger partial charge is 0.369 e. The lowest BCUT2D eigenvalue weighted by atomic mass is 9.97. The van der Waals surface area contributed by atoms with Crippen LogP contribution in [0.25, 0.3) is 31.8 Å². The number of unbranched alkanes of at least 4 members (excludes halogenated alkanes) is 1. The van der Waals surface area contributed by atoms with Gasteiger partial charge in [-0.25, -0.2) is 19.9 Å². The molecule has 8 heteroatoms. The first kappa shape index (κ1) is 24.9. The van der Waals surface area contributed by atoms with Gasteiger partial charge in [0, 0.05) is 34.3 Å². The Morgan fingerprint density at radius 2 is 1.77 bits per heavy atom. The summed E-state index contributed by atoms with van der Waals surface area (Å²) >= 11 is 3.66. The van der Waals surface area contributed by atoms with E-state index in [-0.39, 0.29) is 0 Å². The van der Waals surface area contributed by atoms with Crippen LogP contribution in [-0.2, 0) is 25.7 Å². The predicted octanol–water partition coefficient (Wildman–Crippen LogP) is 7.81. The van der Waals surface area contributed by atoms with Crippen LogP contribution in [0.2, 0.25) is 0 Å². The fourth-order valence-electron chi connectivity index (χ4n) is 5.40. The number of benzene rings is 1. The van der Waals surface area contributed by atoms with Crippen molar-refractivity contribution < 1.29 is 0 Å². The topological polar surface area (TPSA) is 75.6 Å². The van der Waals surface area contributed by atoms with Crippen molar-refractivity contribution in [2.75, 3.05) is 17.2 Å². The van der Waals surface area contributed by atoms with E-state index >= 15 is 0 Å². The Balaban J connectivity index is 1.19. The fourth-order valence-corrected chi connectivity index (χ4v) is 7.71. The van der Waals surface area contributed by atoms with E-state index in [0.717, 1.165) is 76.1 Å². The normalized spacial score (nSPS) is 15.1. The van der Waals surface area contributed by atoms with Crippen LogP contribution in [0.1, 0.15) is 66.6 Å². The molecule has 2 aliphatic rings. The van der Waals surface area contributed by atoms with Crippen molar-refractivity contribution in [2.24, 2.45) is 0 Å². The number of anilines is 2. The Hall–Kier alpha value is -3.10. The van der Waals surface area contributed by atoms with Crippen LogP contribution < -0.4 is 10.6 Å². The minimum Gasteiger partial charge on any atom is -0.369 e. The second-order valence-electron chi connectivity index (χ2n) is 10.8. The van der Waals surface area contributed by atoms with Crippen LogP contribution in [0.5, 0.6) is 0 Å². The Bertz CT molecular complexity index is 1620. The van der Waals surface area contributed by atoms with E-state index in [1.807, 2.05) is 29.5 Å². The first-order valence-corrected chi connectivity index (χ1v) is 16.1.